The minimum absolute atomic E-state index is 0.0482. The highest BCUT2D eigenvalue weighted by Gasteiger charge is 2.09. The summed E-state index contributed by atoms with van der Waals surface area (Å²) in [5.41, 5.74) is 0. The number of hydrogen-bond acceptors (Lipinski definition) is 4. The molecular weight excluding hydrogens is 260 g/mol. The highest BCUT2D eigenvalue weighted by molar-refractivity contribution is 7.98. The van der Waals surface area contributed by atoms with Crippen molar-refractivity contribution < 1.29 is 0 Å². The molecule has 0 amide bonds. The van der Waals surface area contributed by atoms with Crippen LogP contribution in [0, 0.1) is 0 Å². The number of rotatable bonds is 4. The maximum atomic E-state index is 5.93. The molecule has 1 aromatic carbocycles. The molecule has 0 bridgehead atoms. The molecule has 84 valence electrons. The monoisotopic (exact) mass is 270 g/mol. The van der Waals surface area contributed by atoms with Crippen molar-refractivity contribution in [3.63, 3.8) is 0 Å². The molecule has 2 rings (SSSR count). The quantitative estimate of drug-likeness (QED) is 0.617. The van der Waals surface area contributed by atoms with Crippen LogP contribution in [0.25, 0.3) is 0 Å². The third-order valence-electron chi connectivity index (χ3n) is 1.93. The van der Waals surface area contributed by atoms with Crippen molar-refractivity contribution in [2.24, 2.45) is 0 Å². The normalized spacial score (nSPS) is 12.6. The number of hydrogen-bond donors (Lipinski definition) is 0. The Hall–Kier alpha value is -0.580. The highest BCUT2D eigenvalue weighted by atomic mass is 35.5. The van der Waals surface area contributed by atoms with E-state index in [4.69, 9.17) is 11.6 Å². The van der Waals surface area contributed by atoms with Crippen molar-refractivity contribution >= 4 is 34.7 Å². The van der Waals surface area contributed by atoms with Crippen LogP contribution in [0.4, 0.5) is 0 Å². The van der Waals surface area contributed by atoms with E-state index in [1.165, 1.54) is 4.90 Å². The van der Waals surface area contributed by atoms with Gasteiger partial charge in [0.25, 0.3) is 0 Å². The van der Waals surface area contributed by atoms with E-state index in [-0.39, 0.29) is 5.38 Å². The van der Waals surface area contributed by atoms with Gasteiger partial charge >= 0.3 is 0 Å². The Morgan fingerprint density at radius 3 is 2.69 bits per heavy atom. The van der Waals surface area contributed by atoms with Gasteiger partial charge in [-0.1, -0.05) is 29.5 Å². The molecule has 16 heavy (non-hydrogen) atoms. The Bertz CT molecular complexity index is 442. The lowest BCUT2D eigenvalue weighted by molar-refractivity contribution is 0.943. The molecule has 0 N–H and O–H groups in total. The lowest BCUT2D eigenvalue weighted by atomic mass is 10.4. The van der Waals surface area contributed by atoms with Crippen LogP contribution in [-0.4, -0.2) is 10.2 Å². The van der Waals surface area contributed by atoms with Gasteiger partial charge in [0, 0.05) is 4.90 Å². The second kappa shape index (κ2) is 5.66. The zero-order chi connectivity index (χ0) is 11.4. The predicted molar refractivity (Wildman–Crippen MR) is 70.2 cm³/mol. The maximum absolute atomic E-state index is 5.93. The second-order valence-electron chi connectivity index (χ2n) is 3.25. The maximum Gasteiger partial charge on any atom is 0.135 e. The smallest absolute Gasteiger partial charge is 0.135 e. The van der Waals surface area contributed by atoms with Gasteiger partial charge in [0.05, 0.1) is 11.1 Å². The van der Waals surface area contributed by atoms with Gasteiger partial charge in [-0.3, -0.25) is 0 Å². The molecule has 2 nitrogen and oxygen atoms in total. The van der Waals surface area contributed by atoms with E-state index < -0.39 is 0 Å². The fourth-order valence-corrected chi connectivity index (χ4v) is 3.00. The van der Waals surface area contributed by atoms with Gasteiger partial charge in [-0.05, 0) is 19.1 Å². The molecule has 0 saturated carbocycles. The summed E-state index contributed by atoms with van der Waals surface area (Å²) >= 11 is 9.28. The summed E-state index contributed by atoms with van der Waals surface area (Å²) in [7, 11) is 0. The molecule has 1 aromatic heterocycles. The van der Waals surface area contributed by atoms with Gasteiger partial charge in [0.15, 0.2) is 0 Å². The number of thioether (sulfide) groups is 1. The fraction of sp³-hybridized carbons (Fsp3) is 0.273. The van der Waals surface area contributed by atoms with Crippen LogP contribution in [0.15, 0.2) is 35.2 Å². The number of halogens is 1. The molecule has 0 fully saturated rings. The van der Waals surface area contributed by atoms with E-state index in [0.717, 1.165) is 15.8 Å². The van der Waals surface area contributed by atoms with Crippen molar-refractivity contribution in [1.29, 1.82) is 0 Å². The van der Waals surface area contributed by atoms with Crippen molar-refractivity contribution in [1.82, 2.24) is 10.2 Å². The Morgan fingerprint density at radius 1 is 1.31 bits per heavy atom. The van der Waals surface area contributed by atoms with Crippen LogP contribution >= 0.6 is 34.7 Å². The molecule has 0 saturated heterocycles. The van der Waals surface area contributed by atoms with Crippen LogP contribution in [0.2, 0.25) is 0 Å². The van der Waals surface area contributed by atoms with Gasteiger partial charge in [-0.15, -0.1) is 33.6 Å². The molecule has 1 atom stereocenters. The van der Waals surface area contributed by atoms with E-state index in [9.17, 15) is 0 Å². The largest absolute Gasteiger partial charge is 0.143 e. The minimum atomic E-state index is -0.0482. The summed E-state index contributed by atoms with van der Waals surface area (Å²) in [6.07, 6.45) is 0. The summed E-state index contributed by atoms with van der Waals surface area (Å²) in [6.45, 7) is 1.91. The van der Waals surface area contributed by atoms with Gasteiger partial charge in [-0.2, -0.15) is 0 Å². The fourth-order valence-electron chi connectivity index (χ4n) is 1.15. The molecule has 1 heterocycles. The summed E-state index contributed by atoms with van der Waals surface area (Å²) in [4.78, 5) is 1.25. The first kappa shape index (κ1) is 11.9. The molecule has 0 radical (unpaired) electrons. The van der Waals surface area contributed by atoms with E-state index in [1.54, 1.807) is 23.1 Å². The second-order valence-corrected chi connectivity index (χ2v) is 6.05. The average Bonchev–Trinajstić information content (AvgIpc) is 2.76. The van der Waals surface area contributed by atoms with Crippen LogP contribution in [0.3, 0.4) is 0 Å². The van der Waals surface area contributed by atoms with Crippen LogP contribution in [0.5, 0.6) is 0 Å². The third kappa shape index (κ3) is 3.20. The number of benzene rings is 1. The SMILES string of the molecule is CC(Cl)c1nnc(CSc2ccccc2)s1. The predicted octanol–water partition coefficient (Wildman–Crippen LogP) is 4.13. The van der Waals surface area contributed by atoms with E-state index in [1.807, 2.05) is 25.1 Å². The number of alkyl halides is 1. The Kier molecular flexibility index (Phi) is 4.21. The van der Waals surface area contributed by atoms with Crippen LogP contribution in [-0.2, 0) is 5.75 Å². The molecule has 0 aliphatic carbocycles. The minimum Gasteiger partial charge on any atom is -0.143 e. The van der Waals surface area contributed by atoms with Gasteiger partial charge in [0.1, 0.15) is 10.0 Å². The highest BCUT2D eigenvalue weighted by Crippen LogP contribution is 2.27. The van der Waals surface area contributed by atoms with Gasteiger partial charge < -0.3 is 0 Å². The van der Waals surface area contributed by atoms with E-state index in [0.29, 0.717) is 0 Å². The average molecular weight is 271 g/mol. The number of aromatic nitrogens is 2. The Labute approximate surface area is 108 Å². The molecule has 0 aliphatic rings. The van der Waals surface area contributed by atoms with E-state index >= 15 is 0 Å². The third-order valence-corrected chi connectivity index (χ3v) is 4.58. The molecule has 0 spiro atoms. The van der Waals surface area contributed by atoms with Gasteiger partial charge in [-0.25, -0.2) is 0 Å². The lowest BCUT2D eigenvalue weighted by Gasteiger charge is -1.97. The zero-order valence-corrected chi connectivity index (χ0v) is 11.1. The molecular formula is C11H11ClN2S2. The van der Waals surface area contributed by atoms with Crippen molar-refractivity contribution in [2.45, 2.75) is 22.9 Å². The summed E-state index contributed by atoms with van der Waals surface area (Å²) in [6, 6.07) is 10.3. The first-order chi connectivity index (χ1) is 7.75. The first-order valence-electron chi connectivity index (χ1n) is 4.90. The van der Waals surface area contributed by atoms with E-state index in [2.05, 4.69) is 22.3 Å². The summed E-state index contributed by atoms with van der Waals surface area (Å²) in [5.74, 6) is 0.852. The Morgan fingerprint density at radius 2 is 2.06 bits per heavy atom. The standard InChI is InChI=1S/C11H11ClN2S2/c1-8(12)11-14-13-10(16-11)7-15-9-5-3-2-4-6-9/h2-6,8H,7H2,1H3. The number of nitrogens with zero attached hydrogens (tertiary/aromatic N) is 2. The van der Waals surface area contributed by atoms with Crippen molar-refractivity contribution in [2.75, 3.05) is 0 Å². The van der Waals surface area contributed by atoms with Gasteiger partial charge in [0.2, 0.25) is 0 Å². The topological polar surface area (TPSA) is 25.8 Å². The lowest BCUT2D eigenvalue weighted by Crippen LogP contribution is -1.81. The summed E-state index contributed by atoms with van der Waals surface area (Å²) in [5, 5.41) is 10.0. The molecule has 1 unspecified atom stereocenters. The Balaban J connectivity index is 1.95. The summed E-state index contributed by atoms with van der Waals surface area (Å²) < 4.78 is 0. The van der Waals surface area contributed by atoms with Crippen molar-refractivity contribution in [3.05, 3.63) is 40.3 Å². The molecule has 5 heteroatoms. The molecule has 0 aliphatic heterocycles. The van der Waals surface area contributed by atoms with Crippen molar-refractivity contribution in [3.8, 4) is 0 Å². The molecule has 2 aromatic rings. The zero-order valence-electron chi connectivity index (χ0n) is 8.76. The van der Waals surface area contributed by atoms with Crippen LogP contribution < -0.4 is 0 Å². The first-order valence-corrected chi connectivity index (χ1v) is 7.14. The van der Waals surface area contributed by atoms with Crippen LogP contribution in [0.1, 0.15) is 22.3 Å².